The zero-order chi connectivity index (χ0) is 19.0. The largest absolute Gasteiger partial charge is 0.275 e. The smallest absolute Gasteiger partial charge is 0.189 e. The molecular weight excluding hydrogens is 376 g/mol. The van der Waals surface area contributed by atoms with Gasteiger partial charge in [-0.3, -0.25) is 9.67 Å². The van der Waals surface area contributed by atoms with Gasteiger partial charge in [-0.2, -0.15) is 10.2 Å². The molecule has 3 heterocycles. The van der Waals surface area contributed by atoms with E-state index >= 15 is 0 Å². The summed E-state index contributed by atoms with van der Waals surface area (Å²) in [6.07, 6.45) is 7.63. The highest BCUT2D eigenvalue weighted by molar-refractivity contribution is 8.13. The Labute approximate surface area is 165 Å². The number of aromatic nitrogens is 3. The molecule has 0 N–H and O–H groups in total. The van der Waals surface area contributed by atoms with Crippen molar-refractivity contribution < 1.29 is 0 Å². The summed E-state index contributed by atoms with van der Waals surface area (Å²) in [7, 11) is 3.66. The fraction of sp³-hybridized carbons (Fsp3) is 0.158. The molecule has 1 aliphatic heterocycles. The Morgan fingerprint density at radius 3 is 2.89 bits per heavy atom. The van der Waals surface area contributed by atoms with Crippen LogP contribution in [0.25, 0.3) is 10.2 Å². The highest BCUT2D eigenvalue weighted by atomic mass is 32.2. The number of thioether (sulfide) groups is 1. The zero-order valence-electron chi connectivity index (χ0n) is 15.2. The Bertz CT molecular complexity index is 1120. The minimum Gasteiger partial charge on any atom is -0.275 e. The molecule has 2 aromatic heterocycles. The summed E-state index contributed by atoms with van der Waals surface area (Å²) in [5.41, 5.74) is 6.61. The van der Waals surface area contributed by atoms with Crippen LogP contribution < -0.4 is 0 Å². The molecule has 0 unspecified atom stereocenters. The molecule has 0 saturated carbocycles. The maximum absolute atomic E-state index is 4.74. The Hall–Kier alpha value is -2.71. The van der Waals surface area contributed by atoms with Gasteiger partial charge in [0.05, 0.1) is 33.3 Å². The Morgan fingerprint density at radius 2 is 2.15 bits per heavy atom. The van der Waals surface area contributed by atoms with Crippen LogP contribution in [0.5, 0.6) is 0 Å². The minimum absolute atomic E-state index is 0.762. The molecule has 0 aliphatic carbocycles. The number of nitrogens with zero attached hydrogens (tertiary/aromatic N) is 6. The molecule has 0 amide bonds. The first kappa shape index (κ1) is 17.7. The summed E-state index contributed by atoms with van der Waals surface area (Å²) >= 11 is 3.22. The van der Waals surface area contributed by atoms with E-state index in [4.69, 9.17) is 5.10 Å². The molecule has 4 rings (SSSR count). The molecule has 0 radical (unpaired) electrons. The van der Waals surface area contributed by atoms with Crippen LogP contribution in [-0.2, 0) is 7.05 Å². The number of benzene rings is 1. The number of amidine groups is 1. The maximum atomic E-state index is 4.74. The summed E-state index contributed by atoms with van der Waals surface area (Å²) in [6.45, 7) is 6.20. The average Bonchev–Trinajstić information content (AvgIpc) is 3.29. The van der Waals surface area contributed by atoms with Gasteiger partial charge in [0.15, 0.2) is 5.17 Å². The van der Waals surface area contributed by atoms with Gasteiger partial charge in [0.25, 0.3) is 0 Å². The van der Waals surface area contributed by atoms with Crippen LogP contribution in [0.3, 0.4) is 0 Å². The Kier molecular flexibility index (Phi) is 4.67. The molecule has 1 aromatic carbocycles. The van der Waals surface area contributed by atoms with Gasteiger partial charge in [0.1, 0.15) is 0 Å². The van der Waals surface area contributed by atoms with Crippen molar-refractivity contribution in [2.75, 3.05) is 7.05 Å². The molecule has 0 bridgehead atoms. The van der Waals surface area contributed by atoms with E-state index in [1.807, 2.05) is 30.9 Å². The van der Waals surface area contributed by atoms with Crippen LogP contribution in [0.1, 0.15) is 11.1 Å². The quantitative estimate of drug-likeness (QED) is 0.371. The van der Waals surface area contributed by atoms with Crippen molar-refractivity contribution in [3.05, 3.63) is 65.6 Å². The third-order valence-electron chi connectivity index (χ3n) is 4.12. The topological polar surface area (TPSA) is 58.7 Å². The van der Waals surface area contributed by atoms with Crippen molar-refractivity contribution in [2.24, 2.45) is 17.1 Å². The van der Waals surface area contributed by atoms with Gasteiger partial charge in [0, 0.05) is 30.8 Å². The Balaban J connectivity index is 1.66. The molecule has 8 heteroatoms. The van der Waals surface area contributed by atoms with Crippen molar-refractivity contribution >= 4 is 44.2 Å². The number of hydrogen-bond donors (Lipinski definition) is 0. The second-order valence-corrected chi connectivity index (χ2v) is 7.97. The second kappa shape index (κ2) is 7.13. The van der Waals surface area contributed by atoms with Gasteiger partial charge >= 0.3 is 0 Å². The van der Waals surface area contributed by atoms with Gasteiger partial charge in [0.2, 0.25) is 0 Å². The minimum atomic E-state index is 0.762. The van der Waals surface area contributed by atoms with Crippen LogP contribution in [0, 0.1) is 6.92 Å². The maximum Gasteiger partial charge on any atom is 0.189 e. The van der Waals surface area contributed by atoms with E-state index < -0.39 is 0 Å². The van der Waals surface area contributed by atoms with Crippen LogP contribution in [-0.4, -0.2) is 37.7 Å². The third-order valence-corrected chi connectivity index (χ3v) is 6.11. The van der Waals surface area contributed by atoms with E-state index in [9.17, 15) is 0 Å². The van der Waals surface area contributed by atoms with Crippen LogP contribution >= 0.6 is 23.1 Å². The van der Waals surface area contributed by atoms with E-state index in [2.05, 4.69) is 40.7 Å². The van der Waals surface area contributed by atoms with Crippen molar-refractivity contribution in [2.45, 2.75) is 11.8 Å². The number of hydrazone groups is 1. The van der Waals surface area contributed by atoms with E-state index in [1.54, 1.807) is 46.0 Å². The first-order chi connectivity index (χ1) is 13.0. The number of allylic oxidation sites excluding steroid dienone is 2. The third kappa shape index (κ3) is 3.45. The second-order valence-electron chi connectivity index (χ2n) is 6.07. The van der Waals surface area contributed by atoms with E-state index in [0.29, 0.717) is 0 Å². The first-order valence-electron chi connectivity index (χ1n) is 8.28. The molecule has 3 aromatic rings. The van der Waals surface area contributed by atoms with Gasteiger partial charge in [-0.15, -0.1) is 11.3 Å². The highest BCUT2D eigenvalue weighted by Crippen LogP contribution is 2.32. The lowest BCUT2D eigenvalue weighted by Crippen LogP contribution is -2.25. The monoisotopic (exact) mass is 394 g/mol. The molecule has 0 spiro atoms. The van der Waals surface area contributed by atoms with Crippen molar-refractivity contribution in [1.29, 1.82) is 0 Å². The number of fused-ring (bicyclic) bond motifs is 1. The van der Waals surface area contributed by atoms with Gasteiger partial charge < -0.3 is 0 Å². The molecular formula is C19H18N6S2. The van der Waals surface area contributed by atoms with E-state index in [-0.39, 0.29) is 0 Å². The number of thiazole rings is 1. The van der Waals surface area contributed by atoms with E-state index in [1.165, 1.54) is 0 Å². The van der Waals surface area contributed by atoms with Crippen molar-refractivity contribution in [3.8, 4) is 0 Å². The fourth-order valence-corrected chi connectivity index (χ4v) is 4.41. The van der Waals surface area contributed by atoms with Crippen LogP contribution in [0.15, 0.2) is 69.5 Å². The lowest BCUT2D eigenvalue weighted by molar-refractivity contribution is 0.577. The number of aryl methyl sites for hydroxylation is 2. The SMILES string of the molecule is C=C1C=CC(c2cnn(C)c2)=NN1C(=NC)Sc1cc2scnc2cc1C. The molecule has 0 atom stereocenters. The normalized spacial score (nSPS) is 14.9. The standard InChI is InChI=1S/C19H18N6S2/c1-12-7-16-18(26-11-21-16)8-17(12)27-19(20-3)25-13(2)5-6-15(23-25)14-9-22-24(4)10-14/h5-11H,2H2,1,3-4H3. The highest BCUT2D eigenvalue weighted by Gasteiger charge is 2.20. The van der Waals surface area contributed by atoms with Gasteiger partial charge in [-0.1, -0.05) is 6.58 Å². The summed E-state index contributed by atoms with van der Waals surface area (Å²) in [6, 6.07) is 4.27. The van der Waals surface area contributed by atoms with Gasteiger partial charge in [-0.25, -0.2) is 9.99 Å². The molecule has 0 saturated heterocycles. The molecule has 6 nitrogen and oxygen atoms in total. The molecule has 0 fully saturated rings. The lowest BCUT2D eigenvalue weighted by Gasteiger charge is -2.24. The van der Waals surface area contributed by atoms with E-state index in [0.717, 1.165) is 42.8 Å². The summed E-state index contributed by atoms with van der Waals surface area (Å²) in [4.78, 5) is 9.99. The summed E-state index contributed by atoms with van der Waals surface area (Å²) in [5, 5.41) is 11.5. The first-order valence-corrected chi connectivity index (χ1v) is 9.98. The van der Waals surface area contributed by atoms with Crippen molar-refractivity contribution in [3.63, 3.8) is 0 Å². The number of aliphatic imine (C=N–C) groups is 1. The molecule has 27 heavy (non-hydrogen) atoms. The number of rotatable bonds is 2. The van der Waals surface area contributed by atoms with Crippen LogP contribution in [0.4, 0.5) is 0 Å². The molecule has 136 valence electrons. The lowest BCUT2D eigenvalue weighted by atomic mass is 10.2. The predicted octanol–water partition coefficient (Wildman–Crippen LogP) is 4.21. The zero-order valence-corrected chi connectivity index (χ0v) is 16.9. The predicted molar refractivity (Wildman–Crippen MR) is 113 cm³/mol. The summed E-state index contributed by atoms with van der Waals surface area (Å²) in [5.74, 6) is 0. The Morgan fingerprint density at radius 1 is 1.30 bits per heavy atom. The number of hydrogen-bond acceptors (Lipinski definition) is 6. The van der Waals surface area contributed by atoms with Crippen LogP contribution in [0.2, 0.25) is 0 Å². The fourth-order valence-electron chi connectivity index (χ4n) is 2.71. The average molecular weight is 395 g/mol. The van der Waals surface area contributed by atoms with Gasteiger partial charge in [-0.05, 0) is 48.5 Å². The molecule has 1 aliphatic rings. The van der Waals surface area contributed by atoms with Crippen molar-refractivity contribution in [1.82, 2.24) is 19.8 Å². The summed E-state index contributed by atoms with van der Waals surface area (Å²) < 4.78 is 2.92.